The smallest absolute Gasteiger partial charge is 0.196 e. The largest absolute Gasteiger partial charge is 0.397 e. The van der Waals surface area contributed by atoms with E-state index in [-0.39, 0.29) is 33.9 Å². The van der Waals surface area contributed by atoms with Gasteiger partial charge >= 0.3 is 0 Å². The minimum absolute atomic E-state index is 0.0377. The number of benzene rings is 3. The van der Waals surface area contributed by atoms with Gasteiger partial charge in [-0.05, 0) is 24.6 Å². The molecule has 3 aromatic carbocycles. The number of hydrogen-bond acceptors (Lipinski definition) is 5. The lowest BCUT2D eigenvalue weighted by atomic mass is 9.81. The molecule has 0 amide bonds. The van der Waals surface area contributed by atoms with E-state index in [1.807, 2.05) is 37.3 Å². The van der Waals surface area contributed by atoms with Crippen LogP contribution in [0.2, 0.25) is 0 Å². The molecule has 0 saturated carbocycles. The van der Waals surface area contributed by atoms with Crippen LogP contribution in [0.4, 0.5) is 17.1 Å². The fraction of sp³-hybridized carbons (Fsp3) is 0.0455. The molecule has 5 nitrogen and oxygen atoms in total. The maximum absolute atomic E-state index is 13.2. The second-order valence-corrected chi connectivity index (χ2v) is 6.39. The minimum Gasteiger partial charge on any atom is -0.397 e. The summed E-state index contributed by atoms with van der Waals surface area (Å²) in [5.41, 5.74) is 9.39. The van der Waals surface area contributed by atoms with Crippen LogP contribution in [0, 0.1) is 18.3 Å². The Labute approximate surface area is 156 Å². The van der Waals surface area contributed by atoms with Gasteiger partial charge in [-0.3, -0.25) is 9.59 Å². The number of ketones is 2. The number of rotatable bonds is 2. The molecular formula is C22H15N3O2. The molecule has 130 valence electrons. The molecule has 3 N–H and O–H groups in total. The van der Waals surface area contributed by atoms with Crippen LogP contribution in [0.25, 0.3) is 0 Å². The quantitative estimate of drug-likeness (QED) is 0.532. The van der Waals surface area contributed by atoms with Crippen molar-refractivity contribution in [2.75, 3.05) is 11.1 Å². The first-order valence-electron chi connectivity index (χ1n) is 8.40. The standard InChI is InChI=1S/C22H15N3O2/c1-12-6-2-5-9-16(12)25-17-10-13(11-23)20(24)19-18(17)21(26)14-7-3-4-8-15(14)22(19)27/h2-10,25H,24H2,1H3. The Hall–Kier alpha value is -3.91. The lowest BCUT2D eigenvalue weighted by molar-refractivity contribution is 0.0980. The summed E-state index contributed by atoms with van der Waals surface area (Å²) in [6.07, 6.45) is 0. The molecule has 0 aliphatic heterocycles. The second kappa shape index (κ2) is 6.11. The van der Waals surface area contributed by atoms with E-state index in [9.17, 15) is 14.9 Å². The van der Waals surface area contributed by atoms with Crippen molar-refractivity contribution in [2.45, 2.75) is 6.92 Å². The van der Waals surface area contributed by atoms with Gasteiger partial charge in [-0.15, -0.1) is 0 Å². The molecule has 0 bridgehead atoms. The van der Waals surface area contributed by atoms with Crippen molar-refractivity contribution in [3.8, 4) is 6.07 Å². The number of anilines is 3. The Bertz CT molecular complexity index is 1170. The number of nitriles is 1. The van der Waals surface area contributed by atoms with Gasteiger partial charge in [0, 0.05) is 16.8 Å². The number of nitrogens with one attached hydrogen (secondary N) is 1. The molecule has 0 heterocycles. The molecule has 0 radical (unpaired) electrons. The van der Waals surface area contributed by atoms with E-state index in [4.69, 9.17) is 5.73 Å². The van der Waals surface area contributed by atoms with Gasteiger partial charge in [0.25, 0.3) is 0 Å². The van der Waals surface area contributed by atoms with Gasteiger partial charge in [0.05, 0.1) is 28.1 Å². The zero-order chi connectivity index (χ0) is 19.1. The lowest BCUT2D eigenvalue weighted by Crippen LogP contribution is -2.24. The third-order valence-corrected chi connectivity index (χ3v) is 4.77. The molecular weight excluding hydrogens is 338 g/mol. The van der Waals surface area contributed by atoms with Crippen LogP contribution in [-0.2, 0) is 0 Å². The highest BCUT2D eigenvalue weighted by Gasteiger charge is 2.34. The van der Waals surface area contributed by atoms with Crippen molar-refractivity contribution in [2.24, 2.45) is 0 Å². The monoisotopic (exact) mass is 353 g/mol. The summed E-state index contributed by atoms with van der Waals surface area (Å²) in [7, 11) is 0. The van der Waals surface area contributed by atoms with E-state index >= 15 is 0 Å². The topological polar surface area (TPSA) is 96.0 Å². The van der Waals surface area contributed by atoms with Gasteiger partial charge in [0.1, 0.15) is 6.07 Å². The number of nitrogens with zero attached hydrogens (tertiary/aromatic N) is 1. The van der Waals surface area contributed by atoms with Gasteiger partial charge in [-0.25, -0.2) is 0 Å². The van der Waals surface area contributed by atoms with Crippen molar-refractivity contribution in [1.29, 1.82) is 5.26 Å². The van der Waals surface area contributed by atoms with Crippen LogP contribution in [0.3, 0.4) is 0 Å². The zero-order valence-corrected chi connectivity index (χ0v) is 14.5. The van der Waals surface area contributed by atoms with Crippen LogP contribution in [0.15, 0.2) is 54.6 Å². The summed E-state index contributed by atoms with van der Waals surface area (Å²) in [6.45, 7) is 1.93. The Balaban J connectivity index is 2.00. The molecule has 4 rings (SSSR count). The van der Waals surface area contributed by atoms with E-state index in [1.54, 1.807) is 24.3 Å². The minimum atomic E-state index is -0.345. The Morgan fingerprint density at radius 2 is 1.48 bits per heavy atom. The Morgan fingerprint density at radius 3 is 2.11 bits per heavy atom. The fourth-order valence-corrected chi connectivity index (χ4v) is 3.37. The maximum Gasteiger partial charge on any atom is 0.196 e. The number of para-hydroxylation sites is 1. The van der Waals surface area contributed by atoms with Crippen molar-refractivity contribution < 1.29 is 9.59 Å². The third-order valence-electron chi connectivity index (χ3n) is 4.77. The van der Waals surface area contributed by atoms with Gasteiger partial charge in [0.2, 0.25) is 0 Å². The fourth-order valence-electron chi connectivity index (χ4n) is 3.37. The van der Waals surface area contributed by atoms with Crippen LogP contribution < -0.4 is 11.1 Å². The molecule has 0 unspecified atom stereocenters. The molecule has 3 aromatic rings. The van der Waals surface area contributed by atoms with Crippen LogP contribution in [0.1, 0.15) is 43.0 Å². The molecule has 1 aliphatic carbocycles. The summed E-state index contributed by atoms with van der Waals surface area (Å²) in [6, 6.07) is 17.8. The number of hydrogen-bond donors (Lipinski definition) is 2. The Morgan fingerprint density at radius 1 is 0.889 bits per heavy atom. The maximum atomic E-state index is 13.2. The van der Waals surface area contributed by atoms with E-state index in [1.165, 1.54) is 6.07 Å². The van der Waals surface area contributed by atoms with Crippen molar-refractivity contribution in [1.82, 2.24) is 0 Å². The zero-order valence-electron chi connectivity index (χ0n) is 14.5. The number of nitrogens with two attached hydrogens (primary N) is 1. The summed E-state index contributed by atoms with van der Waals surface area (Å²) >= 11 is 0. The normalized spacial score (nSPS) is 12.1. The van der Waals surface area contributed by atoms with Gasteiger partial charge in [-0.2, -0.15) is 5.26 Å². The highest BCUT2D eigenvalue weighted by Crippen LogP contribution is 2.38. The Kier molecular flexibility index (Phi) is 3.75. The van der Waals surface area contributed by atoms with E-state index < -0.39 is 0 Å². The summed E-state index contributed by atoms with van der Waals surface area (Å²) in [5.74, 6) is -0.630. The first kappa shape index (κ1) is 16.6. The predicted octanol–water partition coefficient (Wildman–Crippen LogP) is 3.97. The number of carbonyl (C=O) groups is 2. The first-order chi connectivity index (χ1) is 13.0. The van der Waals surface area contributed by atoms with Crippen LogP contribution >= 0.6 is 0 Å². The number of aryl methyl sites for hydroxylation is 1. The molecule has 0 fully saturated rings. The molecule has 5 heteroatoms. The molecule has 0 spiro atoms. The van der Waals surface area contributed by atoms with Crippen LogP contribution in [-0.4, -0.2) is 11.6 Å². The molecule has 27 heavy (non-hydrogen) atoms. The molecule has 0 saturated heterocycles. The van der Waals surface area contributed by atoms with Crippen molar-refractivity contribution >= 4 is 28.6 Å². The van der Waals surface area contributed by atoms with Crippen molar-refractivity contribution in [3.63, 3.8) is 0 Å². The SMILES string of the molecule is Cc1ccccc1Nc1cc(C#N)c(N)c2c1C(=O)c1ccccc1C2=O. The average molecular weight is 353 g/mol. The molecule has 1 aliphatic rings. The molecule has 0 aromatic heterocycles. The average Bonchev–Trinajstić information content (AvgIpc) is 2.68. The summed E-state index contributed by atoms with van der Waals surface area (Å²) < 4.78 is 0. The number of fused-ring (bicyclic) bond motifs is 2. The van der Waals surface area contributed by atoms with Crippen molar-refractivity contribution in [3.05, 3.63) is 88.0 Å². The first-order valence-corrected chi connectivity index (χ1v) is 8.40. The van der Waals surface area contributed by atoms with E-state index in [0.717, 1.165) is 11.3 Å². The number of nitrogen functional groups attached to an aromatic ring is 1. The van der Waals surface area contributed by atoms with Gasteiger partial charge < -0.3 is 11.1 Å². The summed E-state index contributed by atoms with van der Waals surface area (Å²) in [4.78, 5) is 26.2. The molecule has 0 atom stereocenters. The van der Waals surface area contributed by atoms with Gasteiger partial charge in [0.15, 0.2) is 11.6 Å². The van der Waals surface area contributed by atoms with Gasteiger partial charge in [-0.1, -0.05) is 42.5 Å². The van der Waals surface area contributed by atoms with Crippen LogP contribution in [0.5, 0.6) is 0 Å². The third kappa shape index (κ3) is 2.47. The van der Waals surface area contributed by atoms with E-state index in [0.29, 0.717) is 16.8 Å². The predicted molar refractivity (Wildman–Crippen MR) is 103 cm³/mol. The number of carbonyl (C=O) groups excluding carboxylic acids is 2. The second-order valence-electron chi connectivity index (χ2n) is 6.39. The summed E-state index contributed by atoms with van der Waals surface area (Å²) in [5, 5.41) is 12.7. The van der Waals surface area contributed by atoms with E-state index in [2.05, 4.69) is 5.32 Å². The highest BCUT2D eigenvalue weighted by atomic mass is 16.1. The lowest BCUT2D eigenvalue weighted by Gasteiger charge is -2.23. The highest BCUT2D eigenvalue weighted by molar-refractivity contribution is 6.32.